The summed E-state index contributed by atoms with van der Waals surface area (Å²) in [5.74, 6) is 0.629. The fourth-order valence-electron chi connectivity index (χ4n) is 2.74. The predicted molar refractivity (Wildman–Crippen MR) is 120 cm³/mol. The molecule has 1 saturated heterocycles. The lowest BCUT2D eigenvalue weighted by Gasteiger charge is -2.23. The van der Waals surface area contributed by atoms with E-state index in [0.29, 0.717) is 19.0 Å². The van der Waals surface area contributed by atoms with Crippen molar-refractivity contribution < 1.29 is 13.2 Å². The molecule has 1 aromatic heterocycles. The van der Waals surface area contributed by atoms with Crippen LogP contribution in [0, 0.1) is 6.92 Å². The second-order valence-corrected chi connectivity index (χ2v) is 9.33. The van der Waals surface area contributed by atoms with Crippen LogP contribution >= 0.6 is 35.3 Å². The van der Waals surface area contributed by atoms with E-state index in [-0.39, 0.29) is 42.4 Å². The van der Waals surface area contributed by atoms with Crippen molar-refractivity contribution in [2.75, 3.05) is 39.5 Å². The maximum atomic E-state index is 12.1. The van der Waals surface area contributed by atoms with Gasteiger partial charge in [-0.05, 0) is 26.2 Å². The summed E-state index contributed by atoms with van der Waals surface area (Å²) in [5.41, 5.74) is 0.972. The molecule has 156 valence electrons. The number of sulfonamides is 1. The van der Waals surface area contributed by atoms with Crippen molar-refractivity contribution in [2.24, 2.45) is 4.99 Å². The van der Waals surface area contributed by atoms with Crippen LogP contribution in [-0.2, 0) is 21.3 Å². The molecule has 1 atom stereocenters. The Morgan fingerprint density at radius 2 is 2.26 bits per heavy atom. The standard InChI is InChI=1S/C16H29N5O3S2.HI/c1-13-20-14(12-25-13)11-21(3)16(17-2)18-7-9-26(22,23)19-10-15-6-4-5-8-24-15;/h12,15,19H,4-11H2,1-3H3,(H,17,18);1H. The smallest absolute Gasteiger partial charge is 0.213 e. The second-order valence-electron chi connectivity index (χ2n) is 6.34. The van der Waals surface area contributed by atoms with Crippen molar-refractivity contribution in [1.82, 2.24) is 19.9 Å². The molecule has 0 bridgehead atoms. The summed E-state index contributed by atoms with van der Waals surface area (Å²) >= 11 is 1.61. The van der Waals surface area contributed by atoms with Gasteiger partial charge in [-0.1, -0.05) is 0 Å². The van der Waals surface area contributed by atoms with Crippen molar-refractivity contribution in [3.8, 4) is 0 Å². The highest BCUT2D eigenvalue weighted by Gasteiger charge is 2.18. The number of hydrogen-bond donors (Lipinski definition) is 2. The SMILES string of the molecule is CN=C(NCCS(=O)(=O)NCC1CCCCO1)N(C)Cc1csc(C)n1.I. The molecule has 1 aromatic rings. The van der Waals surface area contributed by atoms with E-state index in [1.54, 1.807) is 18.4 Å². The number of thiazole rings is 1. The Morgan fingerprint density at radius 1 is 1.48 bits per heavy atom. The van der Waals surface area contributed by atoms with Crippen LogP contribution in [0.25, 0.3) is 0 Å². The molecule has 11 heteroatoms. The largest absolute Gasteiger partial charge is 0.377 e. The number of nitrogens with one attached hydrogen (secondary N) is 2. The Bertz CT molecular complexity index is 690. The van der Waals surface area contributed by atoms with Crippen LogP contribution < -0.4 is 10.0 Å². The molecular formula is C16H30IN5O3S2. The van der Waals surface area contributed by atoms with Crippen LogP contribution in [-0.4, -0.2) is 69.9 Å². The van der Waals surface area contributed by atoms with Gasteiger partial charge in [-0.2, -0.15) is 0 Å². The third-order valence-corrected chi connectivity index (χ3v) is 6.27. The quantitative estimate of drug-likeness (QED) is 0.301. The van der Waals surface area contributed by atoms with Gasteiger partial charge in [-0.25, -0.2) is 18.1 Å². The fraction of sp³-hybridized carbons (Fsp3) is 0.750. The van der Waals surface area contributed by atoms with E-state index >= 15 is 0 Å². The van der Waals surface area contributed by atoms with Crippen LogP contribution in [0.1, 0.15) is 30.0 Å². The lowest BCUT2D eigenvalue weighted by atomic mass is 10.1. The summed E-state index contributed by atoms with van der Waals surface area (Å²) in [4.78, 5) is 10.6. The van der Waals surface area contributed by atoms with Crippen molar-refractivity contribution >= 4 is 51.3 Å². The first-order valence-electron chi connectivity index (χ1n) is 8.81. The first-order valence-corrected chi connectivity index (χ1v) is 11.3. The topological polar surface area (TPSA) is 95.9 Å². The highest BCUT2D eigenvalue weighted by Crippen LogP contribution is 2.12. The van der Waals surface area contributed by atoms with Gasteiger partial charge in [0, 0.05) is 39.2 Å². The molecule has 2 heterocycles. The number of halogens is 1. The molecule has 0 radical (unpaired) electrons. The minimum absolute atomic E-state index is 0. The van der Waals surface area contributed by atoms with Crippen LogP contribution in [0.5, 0.6) is 0 Å². The zero-order valence-electron chi connectivity index (χ0n) is 16.1. The molecule has 8 nitrogen and oxygen atoms in total. The van der Waals surface area contributed by atoms with Crippen molar-refractivity contribution in [3.05, 3.63) is 16.1 Å². The third-order valence-electron chi connectivity index (χ3n) is 4.10. The third kappa shape index (κ3) is 9.03. The van der Waals surface area contributed by atoms with Crippen molar-refractivity contribution in [1.29, 1.82) is 0 Å². The monoisotopic (exact) mass is 531 g/mol. The van der Waals surface area contributed by atoms with E-state index in [2.05, 4.69) is 20.0 Å². The normalized spacial score (nSPS) is 18.0. The van der Waals surface area contributed by atoms with Gasteiger partial charge in [0.05, 0.1) is 29.1 Å². The zero-order valence-corrected chi connectivity index (χ0v) is 20.1. The first kappa shape index (κ1) is 24.5. The van der Waals surface area contributed by atoms with Crippen molar-refractivity contribution in [3.63, 3.8) is 0 Å². The van der Waals surface area contributed by atoms with Gasteiger partial charge in [0.1, 0.15) is 0 Å². The van der Waals surface area contributed by atoms with Crippen LogP contribution in [0.2, 0.25) is 0 Å². The zero-order chi connectivity index (χ0) is 19.0. The molecule has 0 saturated carbocycles. The Hall–Kier alpha value is -0.500. The number of rotatable bonds is 8. The predicted octanol–water partition coefficient (Wildman–Crippen LogP) is 1.57. The summed E-state index contributed by atoms with van der Waals surface area (Å²) < 4.78 is 32.5. The van der Waals surface area contributed by atoms with Crippen LogP contribution in [0.15, 0.2) is 10.4 Å². The number of aromatic nitrogens is 1. The molecule has 0 aliphatic carbocycles. The van der Waals surface area contributed by atoms with Crippen LogP contribution in [0.4, 0.5) is 0 Å². The molecular weight excluding hydrogens is 501 g/mol. The van der Waals surface area contributed by atoms with Gasteiger partial charge in [-0.15, -0.1) is 35.3 Å². The molecule has 1 fully saturated rings. The number of ether oxygens (including phenoxy) is 1. The fourth-order valence-corrected chi connectivity index (χ4v) is 4.30. The number of guanidine groups is 1. The minimum Gasteiger partial charge on any atom is -0.377 e. The van der Waals surface area contributed by atoms with E-state index in [1.165, 1.54) is 0 Å². The molecule has 0 amide bonds. The molecule has 0 spiro atoms. The van der Waals surface area contributed by atoms with Crippen LogP contribution in [0.3, 0.4) is 0 Å². The van der Waals surface area contributed by atoms with E-state index < -0.39 is 10.0 Å². The minimum atomic E-state index is -3.34. The van der Waals surface area contributed by atoms with E-state index in [4.69, 9.17) is 4.74 Å². The number of hydrogen-bond acceptors (Lipinski definition) is 6. The van der Waals surface area contributed by atoms with Gasteiger partial charge < -0.3 is 15.0 Å². The van der Waals surface area contributed by atoms with E-state index in [9.17, 15) is 8.42 Å². The summed E-state index contributed by atoms with van der Waals surface area (Å²) in [7, 11) is 0.236. The molecule has 1 aliphatic heterocycles. The number of aliphatic imine (C=N–C) groups is 1. The maximum Gasteiger partial charge on any atom is 0.213 e. The maximum absolute atomic E-state index is 12.1. The van der Waals surface area contributed by atoms with Crippen molar-refractivity contribution in [2.45, 2.75) is 38.8 Å². The lowest BCUT2D eigenvalue weighted by molar-refractivity contribution is 0.0200. The average molecular weight is 531 g/mol. The highest BCUT2D eigenvalue weighted by atomic mass is 127. The number of nitrogens with zero attached hydrogens (tertiary/aromatic N) is 3. The molecule has 27 heavy (non-hydrogen) atoms. The average Bonchev–Trinajstić information content (AvgIpc) is 3.02. The first-order chi connectivity index (χ1) is 12.4. The lowest BCUT2D eigenvalue weighted by Crippen LogP contribution is -2.43. The highest BCUT2D eigenvalue weighted by molar-refractivity contribution is 14.0. The summed E-state index contributed by atoms with van der Waals surface area (Å²) in [6.07, 6.45) is 3.05. The summed E-state index contributed by atoms with van der Waals surface area (Å²) in [5, 5.41) is 6.13. The van der Waals surface area contributed by atoms with Gasteiger partial charge in [0.25, 0.3) is 0 Å². The Morgan fingerprint density at radius 3 is 2.85 bits per heavy atom. The van der Waals surface area contributed by atoms with Gasteiger partial charge in [0.2, 0.25) is 10.0 Å². The number of aryl methyl sites for hydroxylation is 1. The van der Waals surface area contributed by atoms with Gasteiger partial charge in [0.15, 0.2) is 5.96 Å². The second kappa shape index (κ2) is 12.1. The Labute approximate surface area is 183 Å². The van der Waals surface area contributed by atoms with E-state index in [1.807, 2.05) is 24.3 Å². The Balaban J connectivity index is 0.00000364. The summed E-state index contributed by atoms with van der Waals surface area (Å²) in [6, 6.07) is 0. The summed E-state index contributed by atoms with van der Waals surface area (Å²) in [6.45, 7) is 3.94. The van der Waals surface area contributed by atoms with E-state index in [0.717, 1.165) is 36.6 Å². The molecule has 2 N–H and O–H groups in total. The van der Waals surface area contributed by atoms with Gasteiger partial charge >= 0.3 is 0 Å². The molecule has 2 rings (SSSR count). The molecule has 1 unspecified atom stereocenters. The Kier molecular flexibility index (Phi) is 11.0. The molecule has 1 aliphatic rings. The molecule has 0 aromatic carbocycles. The van der Waals surface area contributed by atoms with Gasteiger partial charge in [-0.3, -0.25) is 4.99 Å².